The van der Waals surface area contributed by atoms with Crippen LogP contribution < -0.4 is 5.32 Å². The van der Waals surface area contributed by atoms with Gasteiger partial charge in [0, 0.05) is 35.9 Å². The highest BCUT2D eigenvalue weighted by molar-refractivity contribution is 7.84. The highest BCUT2D eigenvalue weighted by atomic mass is 32.2. The number of nitrogens with zero attached hydrogens (tertiary/aromatic N) is 1. The Labute approximate surface area is 129 Å². The second-order valence-corrected chi connectivity index (χ2v) is 7.81. The molecular formula is C14H26N2O4S. The largest absolute Gasteiger partial charge is 0.444 e. The van der Waals surface area contributed by atoms with Crippen LogP contribution >= 0.6 is 0 Å². The Kier molecular flexibility index (Phi) is 6.64. The van der Waals surface area contributed by atoms with Gasteiger partial charge in [-0.25, -0.2) is 4.79 Å². The molecule has 0 aliphatic carbocycles. The van der Waals surface area contributed by atoms with E-state index in [9.17, 15) is 13.8 Å². The summed E-state index contributed by atoms with van der Waals surface area (Å²) in [5.74, 6) is 0.418. The van der Waals surface area contributed by atoms with Gasteiger partial charge in [-0.1, -0.05) is 0 Å². The lowest BCUT2D eigenvalue weighted by molar-refractivity contribution is -0.125. The summed E-state index contributed by atoms with van der Waals surface area (Å²) in [6.07, 6.45) is 3.34. The van der Waals surface area contributed by atoms with Gasteiger partial charge < -0.3 is 10.1 Å². The molecule has 0 saturated carbocycles. The molecule has 1 heterocycles. The third-order valence-electron chi connectivity index (χ3n) is 3.09. The van der Waals surface area contributed by atoms with E-state index >= 15 is 0 Å². The van der Waals surface area contributed by atoms with Crippen LogP contribution in [-0.4, -0.2) is 57.9 Å². The maximum Gasteiger partial charge on any atom is 0.410 e. The number of carbonyl (C=O) groups excluding carboxylic acids is 2. The molecule has 1 rings (SSSR count). The summed E-state index contributed by atoms with van der Waals surface area (Å²) in [5, 5.41) is 2.80. The molecule has 0 spiro atoms. The smallest absolute Gasteiger partial charge is 0.410 e. The summed E-state index contributed by atoms with van der Waals surface area (Å²) in [6.45, 7) is 6.45. The van der Waals surface area contributed by atoms with Crippen molar-refractivity contribution in [3.63, 3.8) is 0 Å². The second-order valence-electron chi connectivity index (χ2n) is 6.25. The lowest BCUT2D eigenvalue weighted by atomic mass is 10.2. The van der Waals surface area contributed by atoms with Crippen LogP contribution in [0.1, 0.15) is 40.0 Å². The van der Waals surface area contributed by atoms with E-state index in [4.69, 9.17) is 4.74 Å². The first-order valence-corrected chi connectivity index (χ1v) is 9.01. The zero-order valence-electron chi connectivity index (χ0n) is 13.3. The molecular weight excluding hydrogens is 292 g/mol. The van der Waals surface area contributed by atoms with Gasteiger partial charge in [-0.2, -0.15) is 0 Å². The topological polar surface area (TPSA) is 75.7 Å². The van der Waals surface area contributed by atoms with Crippen LogP contribution in [0, 0.1) is 0 Å². The standard InChI is InChI=1S/C14H26N2O4S/c1-14(2,3)20-13(18)16-9-5-7-11(16)12(17)15-8-6-10-21(4)19/h11H,5-10H2,1-4H3,(H,15,17). The Bertz CT molecular complexity index is 406. The van der Waals surface area contributed by atoms with Crippen molar-refractivity contribution in [1.82, 2.24) is 10.2 Å². The lowest BCUT2D eigenvalue weighted by Crippen LogP contribution is -2.47. The van der Waals surface area contributed by atoms with Gasteiger partial charge in [0.05, 0.1) is 0 Å². The van der Waals surface area contributed by atoms with Crippen LogP contribution in [0.15, 0.2) is 0 Å². The molecule has 2 atom stereocenters. The molecule has 1 saturated heterocycles. The van der Waals surface area contributed by atoms with E-state index in [0.717, 1.165) is 6.42 Å². The molecule has 122 valence electrons. The average Bonchev–Trinajstić information content (AvgIpc) is 2.81. The SMILES string of the molecule is CS(=O)CCCNC(=O)C1CCCN1C(=O)OC(C)(C)C. The number of rotatable bonds is 5. The summed E-state index contributed by atoms with van der Waals surface area (Å²) in [5.41, 5.74) is -0.564. The average molecular weight is 318 g/mol. The third kappa shape index (κ3) is 6.46. The summed E-state index contributed by atoms with van der Waals surface area (Å²) in [7, 11) is -0.844. The Balaban J connectivity index is 2.46. The minimum absolute atomic E-state index is 0.153. The van der Waals surface area contributed by atoms with E-state index in [0.29, 0.717) is 31.7 Å². The van der Waals surface area contributed by atoms with Gasteiger partial charge in [0.15, 0.2) is 0 Å². The molecule has 1 aliphatic heterocycles. The number of hydrogen-bond donors (Lipinski definition) is 1. The first-order valence-electron chi connectivity index (χ1n) is 7.28. The first-order chi connectivity index (χ1) is 9.70. The molecule has 0 bridgehead atoms. The van der Waals surface area contributed by atoms with Crippen LogP contribution in [0.3, 0.4) is 0 Å². The van der Waals surface area contributed by atoms with E-state index in [1.807, 2.05) is 0 Å². The summed E-state index contributed by atoms with van der Waals surface area (Å²) in [6, 6.07) is -0.452. The minimum atomic E-state index is -0.844. The van der Waals surface area contributed by atoms with Crippen molar-refractivity contribution in [3.05, 3.63) is 0 Å². The fourth-order valence-corrected chi connectivity index (χ4v) is 2.73. The molecule has 6 nitrogen and oxygen atoms in total. The van der Waals surface area contributed by atoms with Crippen LogP contribution in [0.25, 0.3) is 0 Å². The van der Waals surface area contributed by atoms with Crippen molar-refractivity contribution >= 4 is 22.8 Å². The zero-order valence-corrected chi connectivity index (χ0v) is 14.1. The monoisotopic (exact) mass is 318 g/mol. The highest BCUT2D eigenvalue weighted by Crippen LogP contribution is 2.20. The number of carbonyl (C=O) groups is 2. The van der Waals surface area contributed by atoms with E-state index < -0.39 is 28.5 Å². The van der Waals surface area contributed by atoms with Crippen LogP contribution in [0.5, 0.6) is 0 Å². The molecule has 21 heavy (non-hydrogen) atoms. The summed E-state index contributed by atoms with van der Waals surface area (Å²) in [4.78, 5) is 25.7. The number of amides is 2. The molecule has 0 aromatic heterocycles. The maximum absolute atomic E-state index is 12.1. The van der Waals surface area contributed by atoms with Crippen molar-refractivity contribution in [2.45, 2.75) is 51.7 Å². The van der Waals surface area contributed by atoms with Crippen molar-refractivity contribution in [2.75, 3.05) is 25.1 Å². The van der Waals surface area contributed by atoms with Crippen molar-refractivity contribution in [3.8, 4) is 0 Å². The van der Waals surface area contributed by atoms with Gasteiger partial charge >= 0.3 is 6.09 Å². The Morgan fingerprint density at radius 1 is 1.38 bits per heavy atom. The number of nitrogens with one attached hydrogen (secondary N) is 1. The van der Waals surface area contributed by atoms with Crippen LogP contribution in [0.2, 0.25) is 0 Å². The minimum Gasteiger partial charge on any atom is -0.444 e. The second kappa shape index (κ2) is 7.77. The fraction of sp³-hybridized carbons (Fsp3) is 0.857. The molecule has 0 aromatic rings. The molecule has 2 amide bonds. The molecule has 0 radical (unpaired) electrons. The van der Waals surface area contributed by atoms with Gasteiger partial charge in [0.25, 0.3) is 0 Å². The number of ether oxygens (including phenoxy) is 1. The Morgan fingerprint density at radius 2 is 2.05 bits per heavy atom. The van der Waals surface area contributed by atoms with Crippen LogP contribution in [0.4, 0.5) is 4.79 Å². The van der Waals surface area contributed by atoms with Crippen molar-refractivity contribution < 1.29 is 18.5 Å². The van der Waals surface area contributed by atoms with E-state index in [2.05, 4.69) is 5.32 Å². The molecule has 1 fully saturated rings. The van der Waals surface area contributed by atoms with Gasteiger partial charge in [-0.05, 0) is 40.0 Å². The van der Waals surface area contributed by atoms with Gasteiger partial charge in [0.1, 0.15) is 11.6 Å². The van der Waals surface area contributed by atoms with Crippen LogP contribution in [-0.2, 0) is 20.3 Å². The first kappa shape index (κ1) is 17.9. The van der Waals surface area contributed by atoms with Gasteiger partial charge in [0.2, 0.25) is 5.91 Å². The number of hydrogen-bond acceptors (Lipinski definition) is 4. The summed E-state index contributed by atoms with van der Waals surface area (Å²) < 4.78 is 16.3. The van der Waals surface area contributed by atoms with E-state index in [1.165, 1.54) is 4.90 Å². The predicted molar refractivity (Wildman–Crippen MR) is 82.5 cm³/mol. The molecule has 2 unspecified atom stereocenters. The molecule has 0 aromatic carbocycles. The van der Waals surface area contributed by atoms with Crippen molar-refractivity contribution in [1.29, 1.82) is 0 Å². The van der Waals surface area contributed by atoms with E-state index in [1.54, 1.807) is 27.0 Å². The van der Waals surface area contributed by atoms with Gasteiger partial charge in [-0.15, -0.1) is 0 Å². The van der Waals surface area contributed by atoms with Crippen molar-refractivity contribution in [2.24, 2.45) is 0 Å². The lowest BCUT2D eigenvalue weighted by Gasteiger charge is -2.28. The predicted octanol–water partition coefficient (Wildman–Crippen LogP) is 1.27. The quantitative estimate of drug-likeness (QED) is 0.775. The third-order valence-corrected chi connectivity index (χ3v) is 3.95. The highest BCUT2D eigenvalue weighted by Gasteiger charge is 2.36. The van der Waals surface area contributed by atoms with Gasteiger partial charge in [-0.3, -0.25) is 13.9 Å². The number of likely N-dealkylation sites (tertiary alicyclic amines) is 1. The van der Waals surface area contributed by atoms with E-state index in [-0.39, 0.29) is 5.91 Å². The molecule has 7 heteroatoms. The Hall–Kier alpha value is -1.11. The molecule has 1 aliphatic rings. The molecule has 1 N–H and O–H groups in total. The Morgan fingerprint density at radius 3 is 2.62 bits per heavy atom. The fourth-order valence-electron chi connectivity index (χ4n) is 2.18. The normalized spacial score (nSPS) is 20.2. The zero-order chi connectivity index (χ0) is 16.0. The summed E-state index contributed by atoms with van der Waals surface area (Å²) >= 11 is 0. The maximum atomic E-state index is 12.1.